The van der Waals surface area contributed by atoms with Gasteiger partial charge >= 0.3 is 0 Å². The van der Waals surface area contributed by atoms with E-state index in [2.05, 4.69) is 29.6 Å². The second-order valence-electron chi connectivity index (χ2n) is 5.63. The molecule has 2 aromatic carbocycles. The summed E-state index contributed by atoms with van der Waals surface area (Å²) in [6.45, 7) is 2.63. The maximum absolute atomic E-state index is 12.1. The standard InChI is InChI=1S/C19H24N2O.ClH/c1-15-11-12-17(20)14-18(15)19(22)21-13-7-3-6-10-16-8-4-2-5-9-16;/h2,4-5,8-9,11-12,14H,3,6-7,10,13,20H2,1H3,(H,21,22);1H. The predicted octanol–water partition coefficient (Wildman–Crippen LogP) is 4.14. The zero-order valence-corrected chi connectivity index (χ0v) is 14.4. The van der Waals surface area contributed by atoms with Crippen LogP contribution >= 0.6 is 12.4 Å². The Morgan fingerprint density at radius 3 is 2.52 bits per heavy atom. The topological polar surface area (TPSA) is 55.1 Å². The van der Waals surface area contributed by atoms with Crippen molar-refractivity contribution in [1.29, 1.82) is 0 Å². The summed E-state index contributed by atoms with van der Waals surface area (Å²) < 4.78 is 0. The highest BCUT2D eigenvalue weighted by molar-refractivity contribution is 5.96. The van der Waals surface area contributed by atoms with Crippen LogP contribution in [0.1, 0.15) is 40.7 Å². The molecule has 3 N–H and O–H groups in total. The lowest BCUT2D eigenvalue weighted by Crippen LogP contribution is -2.25. The average Bonchev–Trinajstić information content (AvgIpc) is 2.54. The largest absolute Gasteiger partial charge is 0.399 e. The van der Waals surface area contributed by atoms with Crippen molar-refractivity contribution in [2.24, 2.45) is 0 Å². The van der Waals surface area contributed by atoms with Crippen LogP contribution in [0.5, 0.6) is 0 Å². The zero-order chi connectivity index (χ0) is 15.8. The predicted molar refractivity (Wildman–Crippen MR) is 99.2 cm³/mol. The molecule has 0 unspecified atom stereocenters. The van der Waals surface area contributed by atoms with Crippen molar-refractivity contribution < 1.29 is 4.79 Å². The van der Waals surface area contributed by atoms with Gasteiger partial charge in [0.1, 0.15) is 0 Å². The van der Waals surface area contributed by atoms with Gasteiger partial charge in [0, 0.05) is 17.8 Å². The van der Waals surface area contributed by atoms with E-state index in [9.17, 15) is 4.79 Å². The fourth-order valence-electron chi connectivity index (χ4n) is 2.46. The molecule has 0 radical (unpaired) electrons. The van der Waals surface area contributed by atoms with Gasteiger partial charge in [0.05, 0.1) is 0 Å². The van der Waals surface area contributed by atoms with E-state index in [1.54, 1.807) is 6.07 Å². The molecule has 0 aliphatic rings. The van der Waals surface area contributed by atoms with Crippen LogP contribution in [0.25, 0.3) is 0 Å². The van der Waals surface area contributed by atoms with Gasteiger partial charge in [-0.1, -0.05) is 42.8 Å². The van der Waals surface area contributed by atoms with Gasteiger partial charge in [0.15, 0.2) is 0 Å². The highest BCUT2D eigenvalue weighted by atomic mass is 35.5. The Labute approximate surface area is 144 Å². The molecule has 0 aliphatic heterocycles. The number of amides is 1. The van der Waals surface area contributed by atoms with Crippen molar-refractivity contribution in [2.75, 3.05) is 12.3 Å². The molecule has 0 fully saturated rings. The third-order valence-corrected chi connectivity index (χ3v) is 3.78. The lowest BCUT2D eigenvalue weighted by atomic mass is 10.1. The van der Waals surface area contributed by atoms with Gasteiger partial charge in [-0.25, -0.2) is 0 Å². The summed E-state index contributed by atoms with van der Waals surface area (Å²) in [6.07, 6.45) is 4.37. The van der Waals surface area contributed by atoms with Crippen LogP contribution in [-0.4, -0.2) is 12.5 Å². The molecular weight excluding hydrogens is 308 g/mol. The lowest BCUT2D eigenvalue weighted by molar-refractivity contribution is 0.0952. The number of aryl methyl sites for hydroxylation is 2. The van der Waals surface area contributed by atoms with E-state index in [1.807, 2.05) is 25.1 Å². The highest BCUT2D eigenvalue weighted by Gasteiger charge is 2.08. The van der Waals surface area contributed by atoms with E-state index in [-0.39, 0.29) is 18.3 Å². The summed E-state index contributed by atoms with van der Waals surface area (Å²) in [6, 6.07) is 15.9. The van der Waals surface area contributed by atoms with Crippen LogP contribution < -0.4 is 11.1 Å². The van der Waals surface area contributed by atoms with E-state index < -0.39 is 0 Å². The Hall–Kier alpha value is -2.00. The number of unbranched alkanes of at least 4 members (excludes halogenated alkanes) is 2. The summed E-state index contributed by atoms with van der Waals surface area (Å²) >= 11 is 0. The molecular formula is C19H25ClN2O. The second kappa shape index (κ2) is 9.90. The summed E-state index contributed by atoms with van der Waals surface area (Å²) in [5.41, 5.74) is 9.36. The quantitative estimate of drug-likeness (QED) is 0.591. The molecule has 0 saturated carbocycles. The summed E-state index contributed by atoms with van der Waals surface area (Å²) in [4.78, 5) is 12.1. The van der Waals surface area contributed by atoms with Crippen molar-refractivity contribution in [3.63, 3.8) is 0 Å². The fourth-order valence-corrected chi connectivity index (χ4v) is 2.46. The SMILES string of the molecule is Cc1ccc(N)cc1C(=O)NCCCCCc1ccccc1.Cl. The van der Waals surface area contributed by atoms with Gasteiger partial charge in [0.2, 0.25) is 0 Å². The van der Waals surface area contributed by atoms with Crippen molar-refractivity contribution in [2.45, 2.75) is 32.6 Å². The first-order valence-electron chi connectivity index (χ1n) is 7.85. The van der Waals surface area contributed by atoms with Gasteiger partial charge in [-0.2, -0.15) is 0 Å². The Bertz CT molecular complexity index is 614. The Kier molecular flexibility index (Phi) is 8.20. The molecule has 1 amide bonds. The molecule has 0 spiro atoms. The number of hydrogen-bond acceptors (Lipinski definition) is 2. The van der Waals surface area contributed by atoms with Crippen molar-refractivity contribution in [3.05, 3.63) is 65.2 Å². The third kappa shape index (κ3) is 6.33. The number of carbonyl (C=O) groups is 1. The smallest absolute Gasteiger partial charge is 0.251 e. The average molecular weight is 333 g/mol. The van der Waals surface area contributed by atoms with E-state index in [0.717, 1.165) is 31.2 Å². The number of benzene rings is 2. The van der Waals surface area contributed by atoms with Gasteiger partial charge in [-0.3, -0.25) is 4.79 Å². The number of nitrogens with two attached hydrogens (primary N) is 1. The first-order valence-corrected chi connectivity index (χ1v) is 7.85. The summed E-state index contributed by atoms with van der Waals surface area (Å²) in [5.74, 6) is -0.0344. The minimum absolute atomic E-state index is 0. The lowest BCUT2D eigenvalue weighted by Gasteiger charge is -2.08. The maximum atomic E-state index is 12.1. The third-order valence-electron chi connectivity index (χ3n) is 3.78. The number of anilines is 1. The van der Waals surface area contributed by atoms with E-state index in [1.165, 1.54) is 5.56 Å². The summed E-state index contributed by atoms with van der Waals surface area (Å²) in [7, 11) is 0. The maximum Gasteiger partial charge on any atom is 0.251 e. The second-order valence-corrected chi connectivity index (χ2v) is 5.63. The molecule has 3 nitrogen and oxygen atoms in total. The first-order chi connectivity index (χ1) is 10.7. The Morgan fingerprint density at radius 2 is 1.78 bits per heavy atom. The summed E-state index contributed by atoms with van der Waals surface area (Å²) in [5, 5.41) is 2.97. The molecule has 23 heavy (non-hydrogen) atoms. The molecule has 124 valence electrons. The number of hydrogen-bond donors (Lipinski definition) is 2. The van der Waals surface area contributed by atoms with E-state index >= 15 is 0 Å². The normalized spacial score (nSPS) is 9.96. The Morgan fingerprint density at radius 1 is 1.04 bits per heavy atom. The van der Waals surface area contributed by atoms with E-state index in [0.29, 0.717) is 17.8 Å². The van der Waals surface area contributed by atoms with Crippen LogP contribution in [0.2, 0.25) is 0 Å². The number of carbonyl (C=O) groups excluding carboxylic acids is 1. The van der Waals surface area contributed by atoms with Crippen LogP contribution in [-0.2, 0) is 6.42 Å². The van der Waals surface area contributed by atoms with Crippen molar-refractivity contribution >= 4 is 24.0 Å². The van der Waals surface area contributed by atoms with Crippen LogP contribution in [0.4, 0.5) is 5.69 Å². The molecule has 0 bridgehead atoms. The molecule has 0 atom stereocenters. The van der Waals surface area contributed by atoms with Gasteiger partial charge in [0.25, 0.3) is 5.91 Å². The molecule has 0 saturated heterocycles. The molecule has 0 aromatic heterocycles. The molecule has 0 aliphatic carbocycles. The van der Waals surface area contributed by atoms with Crippen LogP contribution in [0.3, 0.4) is 0 Å². The highest BCUT2D eigenvalue weighted by Crippen LogP contribution is 2.12. The van der Waals surface area contributed by atoms with Gasteiger partial charge in [-0.15, -0.1) is 12.4 Å². The zero-order valence-electron chi connectivity index (χ0n) is 13.5. The van der Waals surface area contributed by atoms with E-state index in [4.69, 9.17) is 5.73 Å². The van der Waals surface area contributed by atoms with Crippen molar-refractivity contribution in [3.8, 4) is 0 Å². The fraction of sp³-hybridized carbons (Fsp3) is 0.316. The molecule has 2 rings (SSSR count). The molecule has 2 aromatic rings. The Balaban J connectivity index is 0.00000264. The molecule has 4 heteroatoms. The number of rotatable bonds is 7. The van der Waals surface area contributed by atoms with Gasteiger partial charge in [-0.05, 0) is 49.4 Å². The minimum Gasteiger partial charge on any atom is -0.399 e. The van der Waals surface area contributed by atoms with Crippen LogP contribution in [0, 0.1) is 6.92 Å². The molecule has 0 heterocycles. The number of halogens is 1. The van der Waals surface area contributed by atoms with Crippen LogP contribution in [0.15, 0.2) is 48.5 Å². The first kappa shape index (κ1) is 19.0. The number of nitrogen functional groups attached to an aromatic ring is 1. The monoisotopic (exact) mass is 332 g/mol. The van der Waals surface area contributed by atoms with Crippen molar-refractivity contribution in [1.82, 2.24) is 5.32 Å². The van der Waals surface area contributed by atoms with Gasteiger partial charge < -0.3 is 11.1 Å². The number of nitrogens with one attached hydrogen (secondary N) is 1. The minimum atomic E-state index is -0.0344.